The van der Waals surface area contributed by atoms with Crippen molar-refractivity contribution in [2.24, 2.45) is 10.7 Å². The molecule has 0 aromatic heterocycles. The van der Waals surface area contributed by atoms with E-state index in [1.165, 1.54) is 16.7 Å². The Hall–Kier alpha value is -2.58. The van der Waals surface area contributed by atoms with Crippen molar-refractivity contribution < 1.29 is 14.4 Å². The molecular weight excluding hydrogens is 388 g/mol. The van der Waals surface area contributed by atoms with Crippen LogP contribution in [0.4, 0.5) is 5.69 Å². The van der Waals surface area contributed by atoms with Crippen LogP contribution in [-0.4, -0.2) is 40.1 Å². The van der Waals surface area contributed by atoms with Crippen LogP contribution < -0.4 is 16.0 Å². The molecule has 0 fully saturated rings. The van der Waals surface area contributed by atoms with E-state index in [4.69, 9.17) is 17.3 Å². The zero-order valence-electron chi connectivity index (χ0n) is 14.0. The molecule has 3 amide bonds. The first-order chi connectivity index (χ1) is 12.9. The fourth-order valence-electron chi connectivity index (χ4n) is 3.25. The van der Waals surface area contributed by atoms with Crippen molar-refractivity contribution in [1.29, 1.82) is 0 Å². The number of carbonyl (C=O) groups is 3. The SMILES string of the molecule is NC(=O)CN1C(=O)[C@@H](NC(=O)C2=CC3=CC(Cl)SC3=N2)Cc2ccccc21. The number of aliphatic imine (C=N–C) groups is 1. The van der Waals surface area contributed by atoms with Crippen molar-refractivity contribution in [2.75, 3.05) is 11.4 Å². The lowest BCUT2D eigenvalue weighted by Gasteiger charge is -2.33. The van der Waals surface area contributed by atoms with Gasteiger partial charge in [-0.2, -0.15) is 0 Å². The van der Waals surface area contributed by atoms with Crippen molar-refractivity contribution in [3.63, 3.8) is 0 Å². The quantitative estimate of drug-likeness (QED) is 0.735. The Kier molecular flexibility index (Phi) is 4.53. The minimum atomic E-state index is -0.796. The lowest BCUT2D eigenvalue weighted by atomic mass is 9.97. The Morgan fingerprint density at radius 1 is 1.37 bits per heavy atom. The van der Waals surface area contributed by atoms with Crippen LogP contribution in [0.5, 0.6) is 0 Å². The fourth-order valence-corrected chi connectivity index (χ4v) is 4.48. The molecule has 7 nitrogen and oxygen atoms in total. The molecule has 27 heavy (non-hydrogen) atoms. The van der Waals surface area contributed by atoms with E-state index in [1.54, 1.807) is 18.2 Å². The lowest BCUT2D eigenvalue weighted by Crippen LogP contribution is -2.54. The number of carbonyl (C=O) groups excluding carboxylic acids is 3. The van der Waals surface area contributed by atoms with Crippen molar-refractivity contribution >= 4 is 51.8 Å². The molecule has 1 aromatic rings. The Labute approximate surface area is 164 Å². The molecule has 2 atom stereocenters. The van der Waals surface area contributed by atoms with E-state index < -0.39 is 17.9 Å². The summed E-state index contributed by atoms with van der Waals surface area (Å²) in [6.07, 6.45) is 3.81. The molecule has 9 heteroatoms. The van der Waals surface area contributed by atoms with Crippen LogP contribution in [0.15, 0.2) is 52.7 Å². The molecule has 4 rings (SSSR count). The van der Waals surface area contributed by atoms with Gasteiger partial charge in [0.05, 0.1) is 0 Å². The van der Waals surface area contributed by atoms with E-state index >= 15 is 0 Å². The summed E-state index contributed by atoms with van der Waals surface area (Å²) in [4.78, 5) is 42.4. The minimum Gasteiger partial charge on any atom is -0.368 e. The number of rotatable bonds is 4. The molecule has 3 N–H and O–H groups in total. The van der Waals surface area contributed by atoms with Gasteiger partial charge >= 0.3 is 0 Å². The number of nitrogens with one attached hydrogen (secondary N) is 1. The number of fused-ring (bicyclic) bond motifs is 2. The summed E-state index contributed by atoms with van der Waals surface area (Å²) in [6.45, 7) is -0.242. The number of nitrogens with two attached hydrogens (primary N) is 1. The zero-order chi connectivity index (χ0) is 19.1. The van der Waals surface area contributed by atoms with Gasteiger partial charge in [0.1, 0.15) is 28.0 Å². The van der Waals surface area contributed by atoms with Crippen LogP contribution in [0.1, 0.15) is 5.56 Å². The smallest absolute Gasteiger partial charge is 0.270 e. The van der Waals surface area contributed by atoms with Gasteiger partial charge in [0.2, 0.25) is 11.8 Å². The van der Waals surface area contributed by atoms with E-state index in [9.17, 15) is 14.4 Å². The van der Waals surface area contributed by atoms with E-state index in [2.05, 4.69) is 10.3 Å². The number of alkyl halides is 1. The van der Waals surface area contributed by atoms with Gasteiger partial charge in [-0.3, -0.25) is 14.4 Å². The number of hydrogen-bond acceptors (Lipinski definition) is 5. The Morgan fingerprint density at radius 3 is 2.89 bits per heavy atom. The number of primary amides is 1. The monoisotopic (exact) mass is 402 g/mol. The van der Waals surface area contributed by atoms with Crippen LogP contribution >= 0.6 is 23.4 Å². The first kappa shape index (κ1) is 17.8. The molecule has 3 aliphatic rings. The highest BCUT2D eigenvalue weighted by molar-refractivity contribution is 8.16. The van der Waals surface area contributed by atoms with Crippen molar-refractivity contribution in [3.05, 3.63) is 53.3 Å². The number of amides is 3. The molecule has 3 aliphatic heterocycles. The molecular formula is C18H15ClN4O3S. The van der Waals surface area contributed by atoms with Gasteiger partial charge in [0.25, 0.3) is 5.91 Å². The van der Waals surface area contributed by atoms with E-state index in [0.29, 0.717) is 17.2 Å². The Balaban J connectivity index is 1.55. The summed E-state index contributed by atoms with van der Waals surface area (Å²) in [5.41, 5.74) is 7.84. The molecule has 0 bridgehead atoms. The van der Waals surface area contributed by atoms with E-state index in [0.717, 1.165) is 11.1 Å². The summed E-state index contributed by atoms with van der Waals surface area (Å²) in [6, 6.07) is 6.45. The highest BCUT2D eigenvalue weighted by atomic mass is 35.5. The second-order valence-corrected chi connectivity index (χ2v) is 8.15. The second-order valence-electron chi connectivity index (χ2n) is 6.29. The maximum Gasteiger partial charge on any atom is 0.270 e. The minimum absolute atomic E-state index is 0.182. The highest BCUT2D eigenvalue weighted by Gasteiger charge is 2.35. The average molecular weight is 403 g/mol. The molecule has 3 heterocycles. The van der Waals surface area contributed by atoms with Crippen LogP contribution in [0.2, 0.25) is 0 Å². The standard InChI is InChI=1S/C18H15ClN4O3S/c19-14-7-10-6-11(22-17(10)27-14)16(25)21-12-5-9-3-1-2-4-13(9)23(18(12)26)8-15(20)24/h1-4,6-7,12,14H,5,8H2,(H2,20,24)(H,21,25)/t12-,14?/m0/s1. The van der Waals surface area contributed by atoms with Gasteiger partial charge in [-0.25, -0.2) is 4.99 Å². The van der Waals surface area contributed by atoms with Crippen LogP contribution in [0.25, 0.3) is 0 Å². The highest BCUT2D eigenvalue weighted by Crippen LogP contribution is 2.36. The molecule has 0 radical (unpaired) electrons. The topological polar surface area (TPSA) is 105 Å². The third kappa shape index (κ3) is 3.38. The Morgan fingerprint density at radius 2 is 2.15 bits per heavy atom. The third-order valence-corrected chi connectivity index (χ3v) is 5.72. The van der Waals surface area contributed by atoms with Gasteiger partial charge < -0.3 is 16.0 Å². The van der Waals surface area contributed by atoms with Crippen molar-refractivity contribution in [1.82, 2.24) is 5.32 Å². The third-order valence-electron chi connectivity index (χ3n) is 4.42. The molecule has 0 spiro atoms. The predicted octanol–water partition coefficient (Wildman–Crippen LogP) is 1.08. The number of benzene rings is 1. The zero-order valence-corrected chi connectivity index (χ0v) is 15.6. The number of hydrogen-bond donors (Lipinski definition) is 2. The first-order valence-electron chi connectivity index (χ1n) is 8.24. The lowest BCUT2D eigenvalue weighted by molar-refractivity contribution is -0.127. The van der Waals surface area contributed by atoms with E-state index in [-0.39, 0.29) is 22.9 Å². The molecule has 0 aliphatic carbocycles. The number of nitrogens with zero attached hydrogens (tertiary/aromatic N) is 2. The summed E-state index contributed by atoms with van der Waals surface area (Å²) in [5, 5.41) is 3.43. The molecule has 1 unspecified atom stereocenters. The molecule has 0 saturated heterocycles. The van der Waals surface area contributed by atoms with E-state index in [1.807, 2.05) is 18.2 Å². The second kappa shape index (κ2) is 6.86. The summed E-state index contributed by atoms with van der Waals surface area (Å²) in [5.74, 6) is -1.44. The Bertz CT molecular complexity index is 956. The summed E-state index contributed by atoms with van der Waals surface area (Å²) >= 11 is 7.38. The van der Waals surface area contributed by atoms with Gasteiger partial charge in [0.15, 0.2) is 0 Å². The number of allylic oxidation sites excluding steroid dienone is 1. The number of thioether (sulfide) groups is 1. The van der Waals surface area contributed by atoms with Gasteiger partial charge in [-0.15, -0.1) is 11.6 Å². The normalized spacial score (nSPS) is 23.2. The van der Waals surface area contributed by atoms with Crippen LogP contribution in [0.3, 0.4) is 0 Å². The fraction of sp³-hybridized carbons (Fsp3) is 0.222. The largest absolute Gasteiger partial charge is 0.368 e. The maximum absolute atomic E-state index is 12.8. The van der Waals surface area contributed by atoms with Gasteiger partial charge in [-0.05, 0) is 23.8 Å². The summed E-state index contributed by atoms with van der Waals surface area (Å²) in [7, 11) is 0. The number of anilines is 1. The number of para-hydroxylation sites is 1. The molecule has 0 saturated carbocycles. The summed E-state index contributed by atoms with van der Waals surface area (Å²) < 4.78 is -0.182. The van der Waals surface area contributed by atoms with Crippen molar-refractivity contribution in [3.8, 4) is 0 Å². The van der Waals surface area contributed by atoms with Crippen molar-refractivity contribution in [2.45, 2.75) is 17.2 Å². The maximum atomic E-state index is 12.8. The predicted molar refractivity (Wildman–Crippen MR) is 104 cm³/mol. The number of halogens is 1. The molecule has 138 valence electrons. The van der Waals surface area contributed by atoms with Crippen LogP contribution in [0, 0.1) is 0 Å². The first-order valence-corrected chi connectivity index (χ1v) is 9.56. The average Bonchev–Trinajstić information content (AvgIpc) is 3.15. The van der Waals surface area contributed by atoms with Gasteiger partial charge in [-0.1, -0.05) is 30.0 Å². The molecule has 1 aromatic carbocycles. The van der Waals surface area contributed by atoms with Gasteiger partial charge in [0, 0.05) is 17.7 Å². The van der Waals surface area contributed by atoms with Crippen LogP contribution in [-0.2, 0) is 20.8 Å².